The fraction of sp³-hybridized carbons (Fsp3) is 0.795. The lowest BCUT2D eigenvalue weighted by atomic mass is 10.0. The van der Waals surface area contributed by atoms with Gasteiger partial charge in [-0.1, -0.05) is 318 Å². The zero-order valence-electron chi connectivity index (χ0n) is 52.6. The first-order valence-corrected chi connectivity index (χ1v) is 34.4. The number of hydrogen-bond acceptors (Lipinski definition) is 6. The van der Waals surface area contributed by atoms with Gasteiger partial charge in [-0.15, -0.1) is 0 Å². The van der Waals surface area contributed by atoms with Crippen molar-refractivity contribution >= 4 is 17.9 Å². The van der Waals surface area contributed by atoms with Crippen LogP contribution in [-0.4, -0.2) is 37.2 Å². The topological polar surface area (TPSA) is 78.9 Å². The largest absolute Gasteiger partial charge is 0.462 e. The predicted octanol–water partition coefficient (Wildman–Crippen LogP) is 23.7. The molecule has 0 amide bonds. The highest BCUT2D eigenvalue weighted by molar-refractivity contribution is 5.71. The first-order valence-electron chi connectivity index (χ1n) is 34.4. The van der Waals surface area contributed by atoms with Crippen molar-refractivity contribution in [2.75, 3.05) is 13.2 Å². The second kappa shape index (κ2) is 67.4. The van der Waals surface area contributed by atoms with Gasteiger partial charge >= 0.3 is 17.9 Å². The third-order valence-electron chi connectivity index (χ3n) is 15.2. The Balaban J connectivity index is 4.15. The lowest BCUT2D eigenvalue weighted by Gasteiger charge is -2.18. The number of unbranched alkanes of at least 4 members (excludes halogenated alkanes) is 40. The van der Waals surface area contributed by atoms with Gasteiger partial charge in [-0.3, -0.25) is 14.4 Å². The van der Waals surface area contributed by atoms with Crippen LogP contribution in [0.2, 0.25) is 0 Å². The first-order chi connectivity index (χ1) is 39.0. The van der Waals surface area contributed by atoms with E-state index in [1.165, 1.54) is 225 Å². The van der Waals surface area contributed by atoms with Gasteiger partial charge in [0.1, 0.15) is 13.2 Å². The van der Waals surface area contributed by atoms with Crippen LogP contribution in [0.3, 0.4) is 0 Å². The van der Waals surface area contributed by atoms with Gasteiger partial charge in [0.05, 0.1) is 0 Å². The van der Waals surface area contributed by atoms with Gasteiger partial charge in [0.2, 0.25) is 0 Å². The number of esters is 3. The Kier molecular flexibility index (Phi) is 64.7. The molecule has 0 rings (SSSR count). The third kappa shape index (κ3) is 65.5. The molecule has 1 atom stereocenters. The molecule has 0 aromatic carbocycles. The standard InChI is InChI=1S/C73H130O6/c1-4-7-10-13-16-19-21-23-25-27-29-31-33-35-36-38-39-41-43-45-47-49-51-54-57-60-63-66-72(75)78-69-70(68-77-71(74)65-62-59-56-53-18-15-12-9-6-3)79-73(76)67-64-61-58-55-52-50-48-46-44-42-40-37-34-32-30-28-26-24-22-20-17-14-11-8-5-2/h7,10,16,19,22-25,28-31,70H,4-6,8-9,11-15,17-18,20-21,26-27,32-69H2,1-3H3/b10-7-,19-16-,24-22-,25-23-,30-28-,31-29-. The van der Waals surface area contributed by atoms with Crippen molar-refractivity contribution in [3.05, 3.63) is 72.9 Å². The van der Waals surface area contributed by atoms with Crippen molar-refractivity contribution < 1.29 is 28.6 Å². The molecule has 6 nitrogen and oxygen atoms in total. The summed E-state index contributed by atoms with van der Waals surface area (Å²) in [4.78, 5) is 38.3. The van der Waals surface area contributed by atoms with Crippen LogP contribution in [0.1, 0.15) is 355 Å². The fourth-order valence-electron chi connectivity index (χ4n) is 10.1. The summed E-state index contributed by atoms with van der Waals surface area (Å²) in [5.74, 6) is -0.856. The Morgan fingerprint density at radius 3 is 0.772 bits per heavy atom. The first kappa shape index (κ1) is 75.8. The van der Waals surface area contributed by atoms with Crippen molar-refractivity contribution in [3.8, 4) is 0 Å². The monoisotopic (exact) mass is 1100 g/mol. The molecule has 0 heterocycles. The van der Waals surface area contributed by atoms with E-state index in [9.17, 15) is 14.4 Å². The van der Waals surface area contributed by atoms with E-state index in [4.69, 9.17) is 14.2 Å². The molecule has 0 saturated carbocycles. The molecule has 0 radical (unpaired) electrons. The number of allylic oxidation sites excluding steroid dienone is 12. The minimum Gasteiger partial charge on any atom is -0.462 e. The SMILES string of the molecule is CC/C=C\C/C=C\C/C=C\C/C=C\CCCCCCCCCCCCCCCCC(=O)OCC(COC(=O)CCCCCCCCCCC)OC(=O)CCCCCCCCCCCCCCC/C=C\C/C=C\CCCCCCC. The molecule has 0 spiro atoms. The van der Waals surface area contributed by atoms with Crippen LogP contribution in [-0.2, 0) is 28.6 Å². The highest BCUT2D eigenvalue weighted by atomic mass is 16.6. The number of hydrogen-bond donors (Lipinski definition) is 0. The molecule has 0 aromatic heterocycles. The Morgan fingerprint density at radius 1 is 0.266 bits per heavy atom. The van der Waals surface area contributed by atoms with E-state index in [0.717, 1.165) is 89.9 Å². The summed E-state index contributed by atoms with van der Waals surface area (Å²) >= 11 is 0. The predicted molar refractivity (Wildman–Crippen MR) is 344 cm³/mol. The van der Waals surface area contributed by atoms with E-state index in [1.54, 1.807) is 0 Å². The molecule has 0 aromatic rings. The quantitative estimate of drug-likeness (QED) is 0.0261. The van der Waals surface area contributed by atoms with Gasteiger partial charge in [0.25, 0.3) is 0 Å². The number of rotatable bonds is 63. The van der Waals surface area contributed by atoms with Crippen molar-refractivity contribution in [2.24, 2.45) is 0 Å². The summed E-state index contributed by atoms with van der Waals surface area (Å²) in [5.41, 5.74) is 0. The molecule has 79 heavy (non-hydrogen) atoms. The number of ether oxygens (including phenoxy) is 3. The second-order valence-corrected chi connectivity index (χ2v) is 23.1. The highest BCUT2D eigenvalue weighted by Crippen LogP contribution is 2.18. The van der Waals surface area contributed by atoms with E-state index in [0.29, 0.717) is 19.3 Å². The summed E-state index contributed by atoms with van der Waals surface area (Å²) in [6.07, 6.45) is 87.9. The third-order valence-corrected chi connectivity index (χ3v) is 15.2. The zero-order chi connectivity index (χ0) is 57.1. The average molecular weight is 1100 g/mol. The van der Waals surface area contributed by atoms with Crippen LogP contribution in [0.25, 0.3) is 0 Å². The lowest BCUT2D eigenvalue weighted by molar-refractivity contribution is -0.167. The lowest BCUT2D eigenvalue weighted by Crippen LogP contribution is -2.30. The van der Waals surface area contributed by atoms with E-state index in [-0.39, 0.29) is 31.1 Å². The van der Waals surface area contributed by atoms with Gasteiger partial charge in [0, 0.05) is 19.3 Å². The van der Waals surface area contributed by atoms with E-state index in [2.05, 4.69) is 93.7 Å². The molecule has 0 bridgehead atoms. The van der Waals surface area contributed by atoms with Crippen molar-refractivity contribution in [3.63, 3.8) is 0 Å². The van der Waals surface area contributed by atoms with Gasteiger partial charge in [0.15, 0.2) is 6.10 Å². The van der Waals surface area contributed by atoms with Crippen LogP contribution in [0.15, 0.2) is 72.9 Å². The molecule has 0 saturated heterocycles. The van der Waals surface area contributed by atoms with Crippen LogP contribution in [0.5, 0.6) is 0 Å². The molecule has 0 aliphatic rings. The summed E-state index contributed by atoms with van der Waals surface area (Å²) in [6.45, 7) is 6.54. The number of carbonyl (C=O) groups excluding carboxylic acids is 3. The molecule has 0 fully saturated rings. The summed E-state index contributed by atoms with van der Waals surface area (Å²) in [6, 6.07) is 0. The second-order valence-electron chi connectivity index (χ2n) is 23.1. The maximum atomic E-state index is 12.9. The molecule has 0 N–H and O–H groups in total. The van der Waals surface area contributed by atoms with Gasteiger partial charge in [-0.05, 0) is 89.9 Å². The maximum Gasteiger partial charge on any atom is 0.306 e. The van der Waals surface area contributed by atoms with E-state index in [1.807, 2.05) is 0 Å². The molecule has 458 valence electrons. The Labute approximate surface area is 491 Å². The zero-order valence-corrected chi connectivity index (χ0v) is 52.6. The Bertz CT molecular complexity index is 1450. The normalized spacial score (nSPS) is 12.5. The molecule has 0 aliphatic carbocycles. The van der Waals surface area contributed by atoms with Crippen LogP contribution in [0.4, 0.5) is 0 Å². The van der Waals surface area contributed by atoms with Gasteiger partial charge < -0.3 is 14.2 Å². The van der Waals surface area contributed by atoms with Crippen molar-refractivity contribution in [1.82, 2.24) is 0 Å². The number of carbonyl (C=O) groups is 3. The molecular weight excluding hydrogens is 973 g/mol. The Morgan fingerprint density at radius 2 is 0.494 bits per heavy atom. The van der Waals surface area contributed by atoms with Gasteiger partial charge in [-0.25, -0.2) is 0 Å². The van der Waals surface area contributed by atoms with Crippen molar-refractivity contribution in [1.29, 1.82) is 0 Å². The molecule has 0 aliphatic heterocycles. The summed E-state index contributed by atoms with van der Waals surface area (Å²) in [5, 5.41) is 0. The van der Waals surface area contributed by atoms with Crippen LogP contribution < -0.4 is 0 Å². The summed E-state index contributed by atoms with van der Waals surface area (Å²) in [7, 11) is 0. The van der Waals surface area contributed by atoms with Crippen molar-refractivity contribution in [2.45, 2.75) is 361 Å². The molecular formula is C73H130O6. The highest BCUT2D eigenvalue weighted by Gasteiger charge is 2.19. The molecule has 6 heteroatoms. The van der Waals surface area contributed by atoms with Gasteiger partial charge in [-0.2, -0.15) is 0 Å². The van der Waals surface area contributed by atoms with Crippen LogP contribution in [0, 0.1) is 0 Å². The smallest absolute Gasteiger partial charge is 0.306 e. The minimum atomic E-state index is -0.773. The maximum absolute atomic E-state index is 12.9. The summed E-state index contributed by atoms with van der Waals surface area (Å²) < 4.78 is 16.9. The average Bonchev–Trinajstić information content (AvgIpc) is 3.45. The van der Waals surface area contributed by atoms with E-state index < -0.39 is 6.10 Å². The molecule has 1 unspecified atom stereocenters. The van der Waals surface area contributed by atoms with E-state index >= 15 is 0 Å². The Hall–Kier alpha value is -3.15. The van der Waals surface area contributed by atoms with Crippen LogP contribution >= 0.6 is 0 Å². The minimum absolute atomic E-state index is 0.0711. The fourth-order valence-corrected chi connectivity index (χ4v) is 10.1.